The Morgan fingerprint density at radius 1 is 1.40 bits per heavy atom. The second kappa shape index (κ2) is 3.49. The number of hydrogen-bond acceptors (Lipinski definition) is 5. The Kier molecular flexibility index (Phi) is 2.17. The highest BCUT2D eigenvalue weighted by atomic mass is 16.6. The van der Waals surface area contributed by atoms with Crippen LogP contribution < -0.4 is 5.32 Å². The summed E-state index contributed by atoms with van der Waals surface area (Å²) in [6.07, 6.45) is 1.42. The van der Waals surface area contributed by atoms with Gasteiger partial charge in [0, 0.05) is 24.6 Å². The Labute approximate surface area is 85.1 Å². The number of anilines is 1. The van der Waals surface area contributed by atoms with Gasteiger partial charge in [-0.25, -0.2) is 9.97 Å². The van der Waals surface area contributed by atoms with Gasteiger partial charge in [0.1, 0.15) is 12.1 Å². The largest absolute Gasteiger partial charge is 0.373 e. The van der Waals surface area contributed by atoms with E-state index in [2.05, 4.69) is 15.3 Å². The Morgan fingerprint density at radius 3 is 2.87 bits per heavy atom. The van der Waals surface area contributed by atoms with Crippen molar-refractivity contribution in [2.75, 3.05) is 12.4 Å². The van der Waals surface area contributed by atoms with E-state index in [4.69, 9.17) is 0 Å². The number of benzene rings is 1. The summed E-state index contributed by atoms with van der Waals surface area (Å²) >= 11 is 0. The molecule has 1 aromatic heterocycles. The minimum Gasteiger partial charge on any atom is -0.373 e. The van der Waals surface area contributed by atoms with E-state index in [1.54, 1.807) is 13.1 Å². The molecule has 0 spiro atoms. The lowest BCUT2D eigenvalue weighted by molar-refractivity contribution is -0.384. The van der Waals surface area contributed by atoms with E-state index in [1.165, 1.54) is 18.5 Å². The third-order valence-electron chi connectivity index (χ3n) is 2.07. The van der Waals surface area contributed by atoms with Gasteiger partial charge in [0.2, 0.25) is 0 Å². The van der Waals surface area contributed by atoms with Crippen LogP contribution in [-0.4, -0.2) is 21.9 Å². The molecule has 1 aromatic carbocycles. The molecule has 6 nitrogen and oxygen atoms in total. The molecule has 0 aliphatic heterocycles. The van der Waals surface area contributed by atoms with E-state index in [0.717, 1.165) is 0 Å². The SMILES string of the molecule is CNc1ncnc2ccc([N+](=O)[O-])cc12. The highest BCUT2D eigenvalue weighted by molar-refractivity contribution is 5.90. The van der Waals surface area contributed by atoms with Crippen LogP contribution in [0, 0.1) is 10.1 Å². The summed E-state index contributed by atoms with van der Waals surface area (Å²) in [7, 11) is 1.71. The van der Waals surface area contributed by atoms with Crippen LogP contribution in [0.15, 0.2) is 24.5 Å². The summed E-state index contributed by atoms with van der Waals surface area (Å²) in [5, 5.41) is 14.1. The van der Waals surface area contributed by atoms with Crippen molar-refractivity contribution < 1.29 is 4.92 Å². The van der Waals surface area contributed by atoms with Gasteiger partial charge >= 0.3 is 0 Å². The van der Waals surface area contributed by atoms with E-state index in [0.29, 0.717) is 16.7 Å². The third-order valence-corrected chi connectivity index (χ3v) is 2.07. The van der Waals surface area contributed by atoms with Crippen molar-refractivity contribution in [3.63, 3.8) is 0 Å². The van der Waals surface area contributed by atoms with Crippen LogP contribution in [0.25, 0.3) is 10.9 Å². The monoisotopic (exact) mass is 204 g/mol. The number of rotatable bonds is 2. The quantitative estimate of drug-likeness (QED) is 0.593. The molecule has 2 aromatic rings. The lowest BCUT2D eigenvalue weighted by atomic mass is 10.2. The highest BCUT2D eigenvalue weighted by Gasteiger charge is 2.09. The lowest BCUT2D eigenvalue weighted by Gasteiger charge is -2.02. The van der Waals surface area contributed by atoms with Crippen LogP contribution in [0.4, 0.5) is 11.5 Å². The zero-order valence-corrected chi connectivity index (χ0v) is 7.97. The summed E-state index contributed by atoms with van der Waals surface area (Å²) < 4.78 is 0. The van der Waals surface area contributed by atoms with E-state index in [1.807, 2.05) is 0 Å². The molecular weight excluding hydrogens is 196 g/mol. The molecule has 15 heavy (non-hydrogen) atoms. The number of nitro groups is 1. The first-order valence-electron chi connectivity index (χ1n) is 4.29. The predicted molar refractivity (Wildman–Crippen MR) is 55.7 cm³/mol. The number of nitro benzene ring substituents is 1. The molecule has 0 saturated carbocycles. The first kappa shape index (κ1) is 9.32. The summed E-state index contributed by atoms with van der Waals surface area (Å²) in [6, 6.07) is 4.49. The fraction of sp³-hybridized carbons (Fsp3) is 0.111. The van der Waals surface area contributed by atoms with Crippen molar-refractivity contribution in [3.05, 3.63) is 34.6 Å². The number of aromatic nitrogens is 2. The maximum Gasteiger partial charge on any atom is 0.270 e. The fourth-order valence-electron chi connectivity index (χ4n) is 1.36. The summed E-state index contributed by atoms with van der Waals surface area (Å²) in [5.41, 5.74) is 0.716. The van der Waals surface area contributed by atoms with Crippen LogP contribution in [0.2, 0.25) is 0 Å². The van der Waals surface area contributed by atoms with Crippen LogP contribution in [-0.2, 0) is 0 Å². The van der Waals surface area contributed by atoms with E-state index in [9.17, 15) is 10.1 Å². The number of nitrogens with zero attached hydrogens (tertiary/aromatic N) is 3. The Hall–Kier alpha value is -2.24. The summed E-state index contributed by atoms with van der Waals surface area (Å²) in [5.74, 6) is 0.587. The number of fused-ring (bicyclic) bond motifs is 1. The molecule has 0 aliphatic carbocycles. The van der Waals surface area contributed by atoms with Gasteiger partial charge < -0.3 is 5.32 Å². The molecule has 0 saturated heterocycles. The molecular formula is C9H8N4O2. The summed E-state index contributed by atoms with van der Waals surface area (Å²) in [6.45, 7) is 0. The first-order valence-corrected chi connectivity index (χ1v) is 4.29. The Morgan fingerprint density at radius 2 is 2.20 bits per heavy atom. The second-order valence-corrected chi connectivity index (χ2v) is 2.93. The van der Waals surface area contributed by atoms with Gasteiger partial charge in [0.25, 0.3) is 5.69 Å². The zero-order valence-electron chi connectivity index (χ0n) is 7.97. The molecule has 0 fully saturated rings. The van der Waals surface area contributed by atoms with Crippen molar-refractivity contribution >= 4 is 22.4 Å². The van der Waals surface area contributed by atoms with Gasteiger partial charge in [-0.15, -0.1) is 0 Å². The Balaban J connectivity index is 2.72. The molecule has 1 N–H and O–H groups in total. The van der Waals surface area contributed by atoms with Crippen molar-refractivity contribution in [1.82, 2.24) is 9.97 Å². The van der Waals surface area contributed by atoms with E-state index in [-0.39, 0.29) is 5.69 Å². The average Bonchev–Trinajstić information content (AvgIpc) is 2.27. The van der Waals surface area contributed by atoms with Crippen LogP contribution in [0.5, 0.6) is 0 Å². The molecule has 0 amide bonds. The van der Waals surface area contributed by atoms with E-state index >= 15 is 0 Å². The van der Waals surface area contributed by atoms with Gasteiger partial charge in [0.15, 0.2) is 0 Å². The Bertz CT molecular complexity index is 527. The van der Waals surface area contributed by atoms with Crippen LogP contribution in [0.3, 0.4) is 0 Å². The smallest absolute Gasteiger partial charge is 0.270 e. The van der Waals surface area contributed by atoms with Crippen LogP contribution >= 0.6 is 0 Å². The van der Waals surface area contributed by atoms with Crippen molar-refractivity contribution in [2.45, 2.75) is 0 Å². The predicted octanol–water partition coefficient (Wildman–Crippen LogP) is 1.58. The normalized spacial score (nSPS) is 10.2. The number of hydrogen-bond donors (Lipinski definition) is 1. The molecule has 0 bridgehead atoms. The lowest BCUT2D eigenvalue weighted by Crippen LogP contribution is -1.95. The topological polar surface area (TPSA) is 81.0 Å². The molecule has 76 valence electrons. The average molecular weight is 204 g/mol. The number of non-ortho nitro benzene ring substituents is 1. The van der Waals surface area contributed by atoms with Crippen molar-refractivity contribution in [1.29, 1.82) is 0 Å². The molecule has 6 heteroatoms. The van der Waals surface area contributed by atoms with E-state index < -0.39 is 4.92 Å². The standard InChI is InChI=1S/C9H8N4O2/c1-10-9-7-4-6(13(14)15)2-3-8(7)11-5-12-9/h2-5H,1H3,(H,10,11,12). The van der Waals surface area contributed by atoms with Crippen molar-refractivity contribution in [3.8, 4) is 0 Å². The molecule has 0 unspecified atom stereocenters. The number of nitrogens with one attached hydrogen (secondary N) is 1. The second-order valence-electron chi connectivity index (χ2n) is 2.93. The molecule has 2 rings (SSSR count). The molecule has 0 aliphatic rings. The third kappa shape index (κ3) is 1.56. The van der Waals surface area contributed by atoms with Gasteiger partial charge in [-0.3, -0.25) is 10.1 Å². The van der Waals surface area contributed by atoms with Gasteiger partial charge in [-0.05, 0) is 6.07 Å². The minimum absolute atomic E-state index is 0.0359. The fourth-order valence-corrected chi connectivity index (χ4v) is 1.36. The van der Waals surface area contributed by atoms with Gasteiger partial charge in [0.05, 0.1) is 10.4 Å². The van der Waals surface area contributed by atoms with Gasteiger partial charge in [-0.1, -0.05) is 0 Å². The molecule has 1 heterocycles. The van der Waals surface area contributed by atoms with Crippen LogP contribution in [0.1, 0.15) is 0 Å². The molecule has 0 radical (unpaired) electrons. The van der Waals surface area contributed by atoms with Crippen molar-refractivity contribution in [2.24, 2.45) is 0 Å². The first-order chi connectivity index (χ1) is 7.22. The zero-order chi connectivity index (χ0) is 10.8. The maximum atomic E-state index is 10.6. The maximum absolute atomic E-state index is 10.6. The minimum atomic E-state index is -0.439. The van der Waals surface area contributed by atoms with Gasteiger partial charge in [-0.2, -0.15) is 0 Å². The summed E-state index contributed by atoms with van der Waals surface area (Å²) in [4.78, 5) is 18.1. The highest BCUT2D eigenvalue weighted by Crippen LogP contribution is 2.23. The molecule has 0 atom stereocenters.